The molecule has 0 bridgehead atoms. The zero-order valence-electron chi connectivity index (χ0n) is 10.9. The van der Waals surface area contributed by atoms with Gasteiger partial charge in [0.1, 0.15) is 5.75 Å². The van der Waals surface area contributed by atoms with Crippen LogP contribution in [0.25, 0.3) is 0 Å². The summed E-state index contributed by atoms with van der Waals surface area (Å²) in [5.74, 6) is 0.903. The van der Waals surface area contributed by atoms with Crippen LogP contribution in [-0.4, -0.2) is 45.7 Å². The Morgan fingerprint density at radius 3 is 2.41 bits per heavy atom. The number of rotatable bonds is 5. The van der Waals surface area contributed by atoms with Crippen LogP contribution in [0.15, 0.2) is 0 Å². The Balaban J connectivity index is 2.32. The highest BCUT2D eigenvalue weighted by atomic mass is 32.2. The number of hydrogen-bond donors (Lipinski definition) is 1. The molecule has 0 spiro atoms. The van der Waals surface area contributed by atoms with E-state index >= 15 is 0 Å². The number of nitrogens with zero attached hydrogens (tertiary/aromatic N) is 1. The van der Waals surface area contributed by atoms with Gasteiger partial charge >= 0.3 is 0 Å². The van der Waals surface area contributed by atoms with Gasteiger partial charge in [0, 0.05) is 35.7 Å². The van der Waals surface area contributed by atoms with E-state index in [2.05, 4.69) is 0 Å². The number of amides is 1. The summed E-state index contributed by atoms with van der Waals surface area (Å²) in [6.45, 7) is 5.67. The molecule has 5 heteroatoms. The average Bonchev–Trinajstić information content (AvgIpc) is 2.29. The monoisotopic (exact) mass is 260 g/mol. The maximum Gasteiger partial charge on any atom is 0.235 e. The summed E-state index contributed by atoms with van der Waals surface area (Å²) < 4.78 is 11.8. The third-order valence-corrected chi connectivity index (χ3v) is 4.55. The molecule has 100 valence electrons. The Morgan fingerprint density at radius 2 is 1.88 bits per heavy atom. The van der Waals surface area contributed by atoms with Crippen LogP contribution < -0.4 is 5.73 Å². The van der Waals surface area contributed by atoms with Crippen molar-refractivity contribution in [2.75, 3.05) is 24.6 Å². The van der Waals surface area contributed by atoms with Crippen molar-refractivity contribution in [3.8, 4) is 0 Å². The summed E-state index contributed by atoms with van der Waals surface area (Å²) in [7, 11) is -1.12. The summed E-state index contributed by atoms with van der Waals surface area (Å²) in [6, 6.07) is -0.0787. The normalized spacial score (nSPS) is 20.4. The highest BCUT2D eigenvalue weighted by molar-refractivity contribution is 7.85. The fourth-order valence-corrected chi connectivity index (χ4v) is 3.23. The van der Waals surface area contributed by atoms with Gasteiger partial charge in [0.25, 0.3) is 0 Å². The van der Waals surface area contributed by atoms with Gasteiger partial charge in [-0.05, 0) is 25.2 Å². The van der Waals surface area contributed by atoms with E-state index in [1.807, 2.05) is 18.7 Å². The third kappa shape index (κ3) is 5.17. The van der Waals surface area contributed by atoms with Crippen LogP contribution in [0.2, 0.25) is 0 Å². The van der Waals surface area contributed by atoms with Crippen LogP contribution in [0.3, 0.4) is 0 Å². The maximum absolute atomic E-state index is 11.9. The lowest BCUT2D eigenvalue weighted by molar-refractivity contribution is -0.129. The lowest BCUT2D eigenvalue weighted by Crippen LogP contribution is -2.40. The van der Waals surface area contributed by atoms with Gasteiger partial charge in [-0.15, -0.1) is 0 Å². The van der Waals surface area contributed by atoms with E-state index in [1.165, 1.54) is 6.42 Å². The van der Waals surface area contributed by atoms with Crippen molar-refractivity contribution in [2.45, 2.75) is 39.2 Å². The molecule has 0 aromatic carbocycles. The second-order valence-electron chi connectivity index (χ2n) is 5.10. The smallest absolute Gasteiger partial charge is 0.235 e. The van der Waals surface area contributed by atoms with Crippen molar-refractivity contribution in [2.24, 2.45) is 11.7 Å². The van der Waals surface area contributed by atoms with Gasteiger partial charge in [-0.3, -0.25) is 9.00 Å². The van der Waals surface area contributed by atoms with Crippen LogP contribution in [0.5, 0.6) is 0 Å². The first-order valence-electron chi connectivity index (χ1n) is 6.39. The molecule has 1 amide bonds. The third-order valence-electron chi connectivity index (χ3n) is 3.23. The number of hydrogen-bond acceptors (Lipinski definition) is 3. The summed E-state index contributed by atoms with van der Waals surface area (Å²) in [6.07, 6.45) is 3.35. The number of carbonyl (C=O) groups is 1. The Bertz CT molecular complexity index is 276. The van der Waals surface area contributed by atoms with Crippen molar-refractivity contribution in [1.82, 2.24) is 4.90 Å². The van der Waals surface area contributed by atoms with E-state index in [4.69, 9.17) is 5.73 Å². The highest BCUT2D eigenvalue weighted by Gasteiger charge is 2.20. The van der Waals surface area contributed by atoms with Gasteiger partial charge in [-0.25, -0.2) is 0 Å². The molecule has 1 rings (SSSR count). The lowest BCUT2D eigenvalue weighted by atomic mass is 10.1. The molecule has 1 fully saturated rings. The molecule has 0 aromatic rings. The first-order chi connectivity index (χ1) is 8.00. The molecule has 2 N–H and O–H groups in total. The minimum Gasteiger partial charge on any atom is -0.342 e. The Labute approximate surface area is 106 Å². The van der Waals surface area contributed by atoms with Gasteiger partial charge in [-0.2, -0.15) is 0 Å². The van der Waals surface area contributed by atoms with Crippen LogP contribution in [-0.2, 0) is 15.6 Å². The van der Waals surface area contributed by atoms with E-state index in [0.717, 1.165) is 25.9 Å². The van der Waals surface area contributed by atoms with E-state index in [0.29, 0.717) is 11.7 Å². The van der Waals surface area contributed by atoms with Gasteiger partial charge in [-0.1, -0.05) is 13.8 Å². The lowest BCUT2D eigenvalue weighted by Gasteiger charge is -2.26. The molecule has 1 aliphatic heterocycles. The highest BCUT2D eigenvalue weighted by Crippen LogP contribution is 2.09. The Morgan fingerprint density at radius 1 is 1.29 bits per heavy atom. The molecule has 17 heavy (non-hydrogen) atoms. The Kier molecular flexibility index (Phi) is 6.12. The molecule has 0 saturated carbocycles. The number of piperidine rings is 1. The van der Waals surface area contributed by atoms with E-state index in [9.17, 15) is 9.00 Å². The molecule has 1 heterocycles. The molecule has 2 atom stereocenters. The van der Waals surface area contributed by atoms with Gasteiger partial charge in [0.2, 0.25) is 5.91 Å². The zero-order chi connectivity index (χ0) is 12.8. The van der Waals surface area contributed by atoms with Crippen LogP contribution in [0.1, 0.15) is 33.1 Å². The van der Waals surface area contributed by atoms with Gasteiger partial charge in [0.05, 0.1) is 0 Å². The minimum atomic E-state index is -1.12. The van der Waals surface area contributed by atoms with Crippen molar-refractivity contribution >= 4 is 16.7 Å². The molecule has 1 saturated heterocycles. The van der Waals surface area contributed by atoms with Crippen molar-refractivity contribution in [1.29, 1.82) is 0 Å². The van der Waals surface area contributed by atoms with Gasteiger partial charge < -0.3 is 10.6 Å². The number of carbonyl (C=O) groups excluding carboxylic acids is 1. The van der Waals surface area contributed by atoms with Gasteiger partial charge in [0.15, 0.2) is 0 Å². The first kappa shape index (κ1) is 14.6. The Hall–Kier alpha value is -0.420. The molecule has 1 aliphatic rings. The van der Waals surface area contributed by atoms with E-state index in [1.54, 1.807) is 0 Å². The first-order valence-corrected chi connectivity index (χ1v) is 7.88. The van der Waals surface area contributed by atoms with Crippen molar-refractivity contribution in [3.05, 3.63) is 0 Å². The summed E-state index contributed by atoms with van der Waals surface area (Å²) in [5.41, 5.74) is 5.85. The van der Waals surface area contributed by atoms with Crippen LogP contribution >= 0.6 is 0 Å². The fourth-order valence-electron chi connectivity index (χ4n) is 1.84. The molecule has 0 aliphatic carbocycles. The van der Waals surface area contributed by atoms with E-state index < -0.39 is 10.8 Å². The van der Waals surface area contributed by atoms with E-state index in [-0.39, 0.29) is 17.7 Å². The predicted octanol–water partition coefficient (Wildman–Crippen LogP) is 0.731. The maximum atomic E-state index is 11.9. The number of nitrogens with two attached hydrogens (primary N) is 1. The molecule has 0 radical (unpaired) electrons. The average molecular weight is 260 g/mol. The molecular formula is C12H24N2O2S. The minimum absolute atomic E-state index is 0.0268. The zero-order valence-corrected chi connectivity index (χ0v) is 11.7. The largest absolute Gasteiger partial charge is 0.342 e. The van der Waals surface area contributed by atoms with Crippen LogP contribution in [0.4, 0.5) is 0 Å². The quantitative estimate of drug-likeness (QED) is 0.792. The topological polar surface area (TPSA) is 63.4 Å². The SMILES string of the molecule is CC(C)C(N)CS(=O)CC(=O)N1CCCCC1. The molecule has 0 aromatic heterocycles. The summed E-state index contributed by atoms with van der Waals surface area (Å²) in [4.78, 5) is 13.7. The van der Waals surface area contributed by atoms with Crippen molar-refractivity contribution in [3.63, 3.8) is 0 Å². The fraction of sp³-hybridized carbons (Fsp3) is 0.917. The predicted molar refractivity (Wildman–Crippen MR) is 71.1 cm³/mol. The second-order valence-corrected chi connectivity index (χ2v) is 6.60. The summed E-state index contributed by atoms with van der Waals surface area (Å²) >= 11 is 0. The standard InChI is InChI=1S/C12H24N2O2S/c1-10(2)11(13)8-17(16)9-12(15)14-6-4-3-5-7-14/h10-11H,3-9,13H2,1-2H3. The van der Waals surface area contributed by atoms with Crippen LogP contribution in [0, 0.1) is 5.92 Å². The number of likely N-dealkylation sites (tertiary alicyclic amines) is 1. The summed E-state index contributed by atoms with van der Waals surface area (Å²) in [5, 5.41) is 0. The molecule has 2 unspecified atom stereocenters. The van der Waals surface area contributed by atoms with Crippen molar-refractivity contribution < 1.29 is 9.00 Å². The second kappa shape index (κ2) is 7.11. The molecular weight excluding hydrogens is 236 g/mol. The molecule has 4 nitrogen and oxygen atoms in total.